The van der Waals surface area contributed by atoms with Crippen LogP contribution in [0.5, 0.6) is 0 Å². The molecule has 1 aliphatic carbocycles. The van der Waals surface area contributed by atoms with Gasteiger partial charge in [-0.2, -0.15) is 5.10 Å². The second-order valence-corrected chi connectivity index (χ2v) is 10.8. The Morgan fingerprint density at radius 2 is 1.83 bits per heavy atom. The van der Waals surface area contributed by atoms with E-state index in [0.29, 0.717) is 16.8 Å². The molecule has 0 spiro atoms. The highest BCUT2D eigenvalue weighted by Crippen LogP contribution is 2.43. The number of aromatic nitrogens is 2. The minimum atomic E-state index is -3.59. The van der Waals surface area contributed by atoms with Gasteiger partial charge in [0.1, 0.15) is 0 Å². The number of benzene rings is 1. The van der Waals surface area contributed by atoms with Crippen LogP contribution in [0.15, 0.2) is 29.2 Å². The van der Waals surface area contributed by atoms with Gasteiger partial charge >= 0.3 is 5.97 Å². The van der Waals surface area contributed by atoms with E-state index in [2.05, 4.69) is 5.10 Å². The molecule has 29 heavy (non-hydrogen) atoms. The summed E-state index contributed by atoms with van der Waals surface area (Å²) < 4.78 is 33.3. The number of sulfone groups is 1. The third-order valence-electron chi connectivity index (χ3n) is 5.53. The van der Waals surface area contributed by atoms with E-state index in [1.54, 1.807) is 28.9 Å². The molecular formula is C21H26N2O5S. The molecule has 0 bridgehead atoms. The minimum absolute atomic E-state index is 0.0190. The molecule has 2 heterocycles. The quantitative estimate of drug-likeness (QED) is 0.813. The summed E-state index contributed by atoms with van der Waals surface area (Å²) in [6.45, 7) is 6.12. The molecule has 4 rings (SSSR count). The van der Waals surface area contributed by atoms with Crippen LogP contribution in [0.2, 0.25) is 0 Å². The van der Waals surface area contributed by atoms with Crippen molar-refractivity contribution >= 4 is 15.8 Å². The van der Waals surface area contributed by atoms with Gasteiger partial charge in [0.15, 0.2) is 15.5 Å². The monoisotopic (exact) mass is 418 g/mol. The average molecular weight is 419 g/mol. The highest BCUT2D eigenvalue weighted by atomic mass is 32.2. The lowest BCUT2D eigenvalue weighted by Gasteiger charge is -2.34. The van der Waals surface area contributed by atoms with Gasteiger partial charge in [-0.1, -0.05) is 18.2 Å². The lowest BCUT2D eigenvalue weighted by atomic mass is 9.92. The zero-order valence-electron chi connectivity index (χ0n) is 16.9. The Morgan fingerprint density at radius 3 is 2.45 bits per heavy atom. The number of nitrogens with zero attached hydrogens (tertiary/aromatic N) is 2. The summed E-state index contributed by atoms with van der Waals surface area (Å²) in [6.07, 6.45) is 3.51. The van der Waals surface area contributed by atoms with Gasteiger partial charge in [-0.25, -0.2) is 13.2 Å². The topological polar surface area (TPSA) is 98.5 Å². The number of hydrogen-bond donors (Lipinski definition) is 1. The molecule has 7 nitrogen and oxygen atoms in total. The first-order valence-corrected chi connectivity index (χ1v) is 11.6. The molecule has 0 radical (unpaired) electrons. The van der Waals surface area contributed by atoms with Crippen LogP contribution in [-0.2, 0) is 20.3 Å². The van der Waals surface area contributed by atoms with Crippen molar-refractivity contribution < 1.29 is 23.1 Å². The minimum Gasteiger partial charge on any atom is -0.476 e. The van der Waals surface area contributed by atoms with Crippen LogP contribution in [-0.4, -0.2) is 41.0 Å². The van der Waals surface area contributed by atoms with Gasteiger partial charge < -0.3 is 9.84 Å². The van der Waals surface area contributed by atoms with E-state index in [1.165, 1.54) is 0 Å². The van der Waals surface area contributed by atoms with Crippen LogP contribution >= 0.6 is 0 Å². The maximum Gasteiger partial charge on any atom is 0.356 e. The zero-order chi connectivity index (χ0) is 21.0. The van der Waals surface area contributed by atoms with Crippen molar-refractivity contribution in [3.05, 3.63) is 35.5 Å². The molecule has 1 aromatic heterocycles. The van der Waals surface area contributed by atoms with Crippen molar-refractivity contribution in [2.75, 3.05) is 0 Å². The van der Waals surface area contributed by atoms with E-state index in [1.807, 2.05) is 20.8 Å². The van der Waals surface area contributed by atoms with E-state index < -0.39 is 15.8 Å². The molecule has 1 aromatic carbocycles. The maximum atomic E-state index is 12.7. The number of carboxylic acids is 1. The van der Waals surface area contributed by atoms with E-state index in [0.717, 1.165) is 25.7 Å². The number of aromatic carboxylic acids is 1. The van der Waals surface area contributed by atoms with Crippen LogP contribution in [0.4, 0.5) is 0 Å². The molecule has 8 heteroatoms. The smallest absolute Gasteiger partial charge is 0.356 e. The highest BCUT2D eigenvalue weighted by Gasteiger charge is 2.38. The third-order valence-corrected chi connectivity index (χ3v) is 7.23. The summed E-state index contributed by atoms with van der Waals surface area (Å²) in [5.74, 6) is -1.52. The summed E-state index contributed by atoms with van der Waals surface area (Å²) in [7, 11) is -3.59. The van der Waals surface area contributed by atoms with Crippen LogP contribution < -0.4 is 0 Å². The summed E-state index contributed by atoms with van der Waals surface area (Å²) in [5, 5.41) is 14.0. The summed E-state index contributed by atoms with van der Waals surface area (Å²) in [5.41, 5.74) is 1.11. The van der Waals surface area contributed by atoms with Crippen molar-refractivity contribution in [2.45, 2.75) is 74.8 Å². The predicted molar refractivity (Wildman–Crippen MR) is 108 cm³/mol. The fourth-order valence-corrected chi connectivity index (χ4v) is 6.03. The number of hydrogen-bond acceptors (Lipinski definition) is 5. The fourth-order valence-electron chi connectivity index (χ4n) is 4.44. The van der Waals surface area contributed by atoms with Gasteiger partial charge in [0.05, 0.1) is 34.1 Å². The maximum absolute atomic E-state index is 12.7. The molecule has 1 N–H and O–H groups in total. The lowest BCUT2D eigenvalue weighted by molar-refractivity contribution is -0.0778. The molecule has 2 aliphatic rings. The van der Waals surface area contributed by atoms with E-state index in [9.17, 15) is 18.3 Å². The number of ether oxygens (including phenoxy) is 1. The first kappa shape index (κ1) is 20.1. The van der Waals surface area contributed by atoms with Crippen LogP contribution in [0, 0.1) is 0 Å². The van der Waals surface area contributed by atoms with Gasteiger partial charge in [-0.15, -0.1) is 0 Å². The van der Waals surface area contributed by atoms with Gasteiger partial charge in [0.2, 0.25) is 0 Å². The van der Waals surface area contributed by atoms with Crippen LogP contribution in [0.3, 0.4) is 0 Å². The molecular weight excluding hydrogens is 392 g/mol. The molecule has 1 fully saturated rings. The second-order valence-electron chi connectivity index (χ2n) is 8.84. The highest BCUT2D eigenvalue weighted by molar-refractivity contribution is 7.90. The molecule has 2 aromatic rings. The van der Waals surface area contributed by atoms with Crippen molar-refractivity contribution in [1.29, 1.82) is 0 Å². The van der Waals surface area contributed by atoms with E-state index >= 15 is 0 Å². The molecule has 1 saturated carbocycles. The van der Waals surface area contributed by atoms with Crippen molar-refractivity contribution in [2.24, 2.45) is 0 Å². The predicted octanol–water partition coefficient (Wildman–Crippen LogP) is 3.83. The zero-order valence-corrected chi connectivity index (χ0v) is 17.7. The Labute approximate surface area is 170 Å². The molecule has 1 aliphatic heterocycles. The Balaban J connectivity index is 1.74. The first-order chi connectivity index (χ1) is 13.6. The molecule has 0 atom stereocenters. The van der Waals surface area contributed by atoms with E-state index in [-0.39, 0.29) is 34.1 Å². The van der Waals surface area contributed by atoms with Gasteiger partial charge in [0.25, 0.3) is 0 Å². The Bertz CT molecular complexity index is 1060. The van der Waals surface area contributed by atoms with Crippen LogP contribution in [0.25, 0.3) is 11.3 Å². The number of carbonyl (C=O) groups is 1. The van der Waals surface area contributed by atoms with Crippen molar-refractivity contribution in [1.82, 2.24) is 9.78 Å². The number of rotatable bonds is 3. The Kier molecular flexibility index (Phi) is 4.82. The molecule has 156 valence electrons. The standard InChI is InChI=1S/C21H26N2O5S/c1-21(2,3)28-14-10-8-13(9-11-14)23-19-15-6-4-5-7-17(15)29(26,27)12-16(19)18(22-23)20(24)25/h4-7,13-14H,8-12H2,1-3H3,(H,24,25). The largest absolute Gasteiger partial charge is 0.476 e. The fraction of sp³-hybridized carbons (Fsp3) is 0.524. The molecule has 0 amide bonds. The number of carboxylic acid groups (broad SMARTS) is 1. The lowest BCUT2D eigenvalue weighted by Crippen LogP contribution is -2.31. The first-order valence-electron chi connectivity index (χ1n) is 9.91. The van der Waals surface area contributed by atoms with Crippen molar-refractivity contribution in [3.63, 3.8) is 0 Å². The average Bonchev–Trinajstić information content (AvgIpc) is 3.00. The second kappa shape index (κ2) is 6.95. The summed E-state index contributed by atoms with van der Waals surface area (Å²) >= 11 is 0. The van der Waals surface area contributed by atoms with Crippen molar-refractivity contribution in [3.8, 4) is 11.3 Å². The van der Waals surface area contributed by atoms with Gasteiger partial charge in [-0.3, -0.25) is 4.68 Å². The number of fused-ring (bicyclic) bond motifs is 3. The van der Waals surface area contributed by atoms with Crippen LogP contribution in [0.1, 0.15) is 68.5 Å². The van der Waals surface area contributed by atoms with Gasteiger partial charge in [-0.05, 0) is 52.5 Å². The SMILES string of the molecule is CC(C)(C)OC1CCC(n2nc(C(=O)O)c3c2-c2ccccc2S(=O)(=O)C3)CC1. The normalized spacial score (nSPS) is 23.3. The summed E-state index contributed by atoms with van der Waals surface area (Å²) in [6, 6.07) is 6.80. The Hall–Kier alpha value is -2.19. The molecule has 0 saturated heterocycles. The molecule has 0 unspecified atom stereocenters. The Morgan fingerprint density at radius 1 is 1.17 bits per heavy atom. The van der Waals surface area contributed by atoms with Gasteiger partial charge in [0, 0.05) is 11.1 Å². The van der Waals surface area contributed by atoms with E-state index in [4.69, 9.17) is 4.74 Å². The summed E-state index contributed by atoms with van der Waals surface area (Å²) in [4.78, 5) is 12.1. The third kappa shape index (κ3) is 3.71.